The molecule has 0 spiro atoms. The summed E-state index contributed by atoms with van der Waals surface area (Å²) >= 11 is 0. The number of H-pyrrole nitrogens is 1. The highest BCUT2D eigenvalue weighted by Gasteiger charge is 2.27. The van der Waals surface area contributed by atoms with Crippen LogP contribution < -0.4 is 0 Å². The molecule has 0 saturated carbocycles. The lowest BCUT2D eigenvalue weighted by Crippen LogP contribution is -2.25. The lowest BCUT2D eigenvalue weighted by Gasteiger charge is -2.12. The molecule has 0 radical (unpaired) electrons. The number of rotatable bonds is 5. The fraction of sp³-hybridized carbons (Fsp3) is 0.278. The van der Waals surface area contributed by atoms with Crippen LogP contribution in [0.15, 0.2) is 24.3 Å². The summed E-state index contributed by atoms with van der Waals surface area (Å²) in [6.45, 7) is 4.73. The van der Waals surface area contributed by atoms with E-state index in [2.05, 4.69) is 4.98 Å². The van der Waals surface area contributed by atoms with E-state index in [-0.39, 0.29) is 17.0 Å². The maximum Gasteiger partial charge on any atom is 0.339 e. The number of hydrogen-bond acceptors (Lipinski definition) is 6. The monoisotopic (exact) mass is 345 g/mol. The molecule has 7 heteroatoms. The number of Topliss-reactive ketones (excluding diaryl/α,β-unsaturated/α-hetero) is 1. The molecule has 1 aromatic carbocycles. The van der Waals surface area contributed by atoms with Crippen molar-refractivity contribution in [2.75, 3.05) is 7.11 Å². The van der Waals surface area contributed by atoms with Crippen molar-refractivity contribution in [3.63, 3.8) is 0 Å². The van der Waals surface area contributed by atoms with Crippen molar-refractivity contribution in [2.45, 2.75) is 26.9 Å². The van der Waals surface area contributed by atoms with Crippen LogP contribution in [0.3, 0.4) is 0 Å². The normalized spacial score (nSPS) is 11.7. The van der Waals surface area contributed by atoms with E-state index in [9.17, 15) is 19.5 Å². The summed E-state index contributed by atoms with van der Waals surface area (Å²) in [4.78, 5) is 39.3. The van der Waals surface area contributed by atoms with E-state index in [1.807, 2.05) is 0 Å². The number of ketones is 1. The Kier molecular flexibility index (Phi) is 5.26. The number of ether oxygens (including phenoxy) is 2. The summed E-state index contributed by atoms with van der Waals surface area (Å²) in [5.41, 5.74) is 1.66. The summed E-state index contributed by atoms with van der Waals surface area (Å²) in [6, 6.07) is 5.50. The van der Waals surface area contributed by atoms with E-state index >= 15 is 0 Å². The molecule has 0 aliphatic rings. The highest BCUT2D eigenvalue weighted by molar-refractivity contribution is 6.04. The van der Waals surface area contributed by atoms with Crippen LogP contribution in [0.4, 0.5) is 0 Å². The van der Waals surface area contributed by atoms with E-state index in [1.54, 1.807) is 13.8 Å². The Bertz CT molecular complexity index is 819. The molecule has 1 heterocycles. The van der Waals surface area contributed by atoms with Gasteiger partial charge in [0.1, 0.15) is 5.75 Å². The van der Waals surface area contributed by atoms with Gasteiger partial charge in [0.05, 0.1) is 23.9 Å². The van der Waals surface area contributed by atoms with Gasteiger partial charge < -0.3 is 19.6 Å². The first-order valence-corrected chi connectivity index (χ1v) is 7.58. The minimum atomic E-state index is -1.05. The third-order valence-electron chi connectivity index (χ3n) is 3.83. The molecule has 1 aromatic heterocycles. The number of aryl methyl sites for hydroxylation is 1. The van der Waals surface area contributed by atoms with Gasteiger partial charge in [0.25, 0.3) is 0 Å². The first-order chi connectivity index (χ1) is 11.8. The number of benzene rings is 1. The smallest absolute Gasteiger partial charge is 0.339 e. The van der Waals surface area contributed by atoms with Gasteiger partial charge in [-0.2, -0.15) is 0 Å². The van der Waals surface area contributed by atoms with Crippen molar-refractivity contribution in [1.82, 2.24) is 4.98 Å². The molecule has 0 aliphatic carbocycles. The van der Waals surface area contributed by atoms with Crippen molar-refractivity contribution in [3.05, 3.63) is 52.3 Å². The van der Waals surface area contributed by atoms with Gasteiger partial charge in [-0.15, -0.1) is 0 Å². The summed E-state index contributed by atoms with van der Waals surface area (Å²) in [5.74, 6) is -1.66. The highest BCUT2D eigenvalue weighted by Crippen LogP contribution is 2.21. The van der Waals surface area contributed by atoms with Gasteiger partial charge in [0, 0.05) is 5.69 Å². The van der Waals surface area contributed by atoms with Crippen molar-refractivity contribution in [2.24, 2.45) is 0 Å². The number of hydrogen-bond donors (Lipinski definition) is 2. The van der Waals surface area contributed by atoms with Crippen molar-refractivity contribution < 1.29 is 29.0 Å². The van der Waals surface area contributed by atoms with Gasteiger partial charge in [-0.25, -0.2) is 9.59 Å². The zero-order valence-electron chi connectivity index (χ0n) is 14.4. The van der Waals surface area contributed by atoms with E-state index in [0.717, 1.165) is 0 Å². The highest BCUT2D eigenvalue weighted by atomic mass is 16.5. The van der Waals surface area contributed by atoms with E-state index in [1.165, 1.54) is 38.3 Å². The molecule has 7 nitrogen and oxygen atoms in total. The lowest BCUT2D eigenvalue weighted by atomic mass is 10.1. The molecule has 0 saturated heterocycles. The predicted molar refractivity (Wildman–Crippen MR) is 88.9 cm³/mol. The molecule has 2 N–H and O–H groups in total. The first kappa shape index (κ1) is 18.3. The molecule has 2 rings (SSSR count). The Balaban J connectivity index is 2.19. The number of aromatic amines is 1. The number of aromatic nitrogens is 1. The third-order valence-corrected chi connectivity index (χ3v) is 3.83. The Morgan fingerprint density at radius 2 is 1.68 bits per heavy atom. The van der Waals surface area contributed by atoms with Crippen LogP contribution in [-0.2, 0) is 9.47 Å². The summed E-state index contributed by atoms with van der Waals surface area (Å²) in [7, 11) is 1.26. The molecule has 25 heavy (non-hydrogen) atoms. The second kappa shape index (κ2) is 7.21. The third kappa shape index (κ3) is 3.71. The first-order valence-electron chi connectivity index (χ1n) is 7.58. The largest absolute Gasteiger partial charge is 0.508 e. The molecular weight excluding hydrogens is 326 g/mol. The van der Waals surface area contributed by atoms with Crippen LogP contribution in [0.5, 0.6) is 5.75 Å². The van der Waals surface area contributed by atoms with Crippen LogP contribution in [-0.4, -0.2) is 41.0 Å². The molecule has 0 fully saturated rings. The summed E-state index contributed by atoms with van der Waals surface area (Å²) < 4.78 is 9.88. The molecule has 1 atom stereocenters. The fourth-order valence-electron chi connectivity index (χ4n) is 2.49. The molecule has 2 aromatic rings. The zero-order chi connectivity index (χ0) is 18.7. The van der Waals surface area contributed by atoms with E-state index in [4.69, 9.17) is 9.47 Å². The number of nitrogens with one attached hydrogen (secondary N) is 1. The zero-order valence-corrected chi connectivity index (χ0v) is 14.4. The lowest BCUT2D eigenvalue weighted by molar-refractivity contribution is 0.0316. The number of carbonyl (C=O) groups is 3. The Hall–Kier alpha value is -3.09. The Morgan fingerprint density at radius 3 is 2.24 bits per heavy atom. The minimum Gasteiger partial charge on any atom is -0.508 e. The number of carbonyl (C=O) groups excluding carboxylic acids is 3. The molecule has 0 amide bonds. The standard InChI is InChI=1S/C18H19NO6/c1-9-14(18(23)24-4)10(2)19-15(9)16(21)11(3)25-17(22)12-5-7-13(20)8-6-12/h5-8,11,19-20H,1-4H3. The number of aromatic hydroxyl groups is 1. The maximum atomic E-state index is 12.6. The van der Waals surface area contributed by atoms with Gasteiger partial charge in [-0.3, -0.25) is 4.79 Å². The average molecular weight is 345 g/mol. The molecule has 0 bridgehead atoms. The number of phenolic OH excluding ortho intramolecular Hbond substituents is 1. The van der Waals surface area contributed by atoms with Crippen LogP contribution in [0.2, 0.25) is 0 Å². The van der Waals surface area contributed by atoms with E-state index < -0.39 is 23.8 Å². The minimum absolute atomic E-state index is 0.0218. The maximum absolute atomic E-state index is 12.6. The van der Waals surface area contributed by atoms with Crippen LogP contribution in [0.25, 0.3) is 0 Å². The topological polar surface area (TPSA) is 106 Å². The second-order valence-corrected chi connectivity index (χ2v) is 5.58. The number of phenols is 1. The van der Waals surface area contributed by atoms with Gasteiger partial charge in [-0.05, 0) is 50.6 Å². The van der Waals surface area contributed by atoms with Crippen LogP contribution >= 0.6 is 0 Å². The van der Waals surface area contributed by atoms with Crippen molar-refractivity contribution >= 4 is 17.7 Å². The molecular formula is C18H19NO6. The quantitative estimate of drug-likeness (QED) is 0.637. The van der Waals surface area contributed by atoms with Crippen LogP contribution in [0, 0.1) is 13.8 Å². The fourth-order valence-corrected chi connectivity index (χ4v) is 2.49. The van der Waals surface area contributed by atoms with Gasteiger partial charge in [0.2, 0.25) is 5.78 Å². The van der Waals surface area contributed by atoms with Crippen molar-refractivity contribution in [3.8, 4) is 5.75 Å². The molecule has 132 valence electrons. The van der Waals surface area contributed by atoms with Gasteiger partial charge in [0.15, 0.2) is 6.10 Å². The average Bonchev–Trinajstić information content (AvgIpc) is 2.88. The second-order valence-electron chi connectivity index (χ2n) is 5.58. The number of methoxy groups -OCH3 is 1. The number of esters is 2. The SMILES string of the molecule is COC(=O)c1c(C)[nH]c(C(=O)C(C)OC(=O)c2ccc(O)cc2)c1C. The summed E-state index contributed by atoms with van der Waals surface area (Å²) in [5, 5.41) is 9.23. The van der Waals surface area contributed by atoms with Crippen molar-refractivity contribution in [1.29, 1.82) is 0 Å². The molecule has 1 unspecified atom stereocenters. The Morgan fingerprint density at radius 1 is 1.08 bits per heavy atom. The summed E-state index contributed by atoms with van der Waals surface area (Å²) in [6.07, 6.45) is -1.05. The molecule has 0 aliphatic heterocycles. The van der Waals surface area contributed by atoms with Crippen LogP contribution in [0.1, 0.15) is 49.4 Å². The predicted octanol–water partition coefficient (Wildman–Crippen LogP) is 2.55. The van der Waals surface area contributed by atoms with Gasteiger partial charge in [-0.1, -0.05) is 0 Å². The Labute approximate surface area is 144 Å². The van der Waals surface area contributed by atoms with Gasteiger partial charge >= 0.3 is 11.9 Å². The van der Waals surface area contributed by atoms with E-state index in [0.29, 0.717) is 16.8 Å².